The predicted octanol–water partition coefficient (Wildman–Crippen LogP) is 1.15. The van der Waals surface area contributed by atoms with Gasteiger partial charge in [-0.1, -0.05) is 18.2 Å². The molecule has 0 fully saturated rings. The predicted molar refractivity (Wildman–Crippen MR) is 67.7 cm³/mol. The summed E-state index contributed by atoms with van der Waals surface area (Å²) in [7, 11) is 0. The molecule has 0 saturated heterocycles. The van der Waals surface area contributed by atoms with E-state index in [2.05, 4.69) is 10.3 Å². The summed E-state index contributed by atoms with van der Waals surface area (Å²) in [6, 6.07) is 7.47. The molecule has 104 valence electrons. The van der Waals surface area contributed by atoms with Gasteiger partial charge in [0.1, 0.15) is 5.75 Å². The number of ether oxygens (including phenoxy) is 1. The van der Waals surface area contributed by atoms with Crippen molar-refractivity contribution in [2.75, 3.05) is 13.2 Å². The third-order valence-corrected chi connectivity index (χ3v) is 2.28. The third kappa shape index (κ3) is 5.87. The lowest BCUT2D eigenvalue weighted by Crippen LogP contribution is -2.26. The van der Waals surface area contributed by atoms with Crippen molar-refractivity contribution in [3.63, 3.8) is 0 Å². The minimum Gasteiger partial charge on any atom is -0.494 e. The van der Waals surface area contributed by atoms with Crippen molar-refractivity contribution in [1.29, 1.82) is 0 Å². The number of nitrogens with one attached hydrogen (secondary N) is 1. The van der Waals surface area contributed by atoms with Crippen molar-refractivity contribution >= 4 is 11.9 Å². The molecule has 0 saturated carbocycles. The van der Waals surface area contributed by atoms with Crippen LogP contribution in [-0.4, -0.2) is 30.2 Å². The molecular formula is C13H17NO5. The highest BCUT2D eigenvalue weighted by atomic mass is 16.7. The van der Waals surface area contributed by atoms with Gasteiger partial charge in [0.25, 0.3) is 0 Å². The van der Waals surface area contributed by atoms with Gasteiger partial charge in [-0.2, -0.15) is 0 Å². The molecule has 0 spiro atoms. The van der Waals surface area contributed by atoms with Crippen LogP contribution in [0.15, 0.2) is 24.3 Å². The van der Waals surface area contributed by atoms with Crippen LogP contribution in [0, 0.1) is 0 Å². The van der Waals surface area contributed by atoms with Gasteiger partial charge >= 0.3 is 5.97 Å². The monoisotopic (exact) mass is 267 g/mol. The normalized spacial score (nSPS) is 9.95. The molecule has 0 unspecified atom stereocenters. The molecule has 19 heavy (non-hydrogen) atoms. The van der Waals surface area contributed by atoms with Crippen molar-refractivity contribution in [3.05, 3.63) is 29.8 Å². The lowest BCUT2D eigenvalue weighted by atomic mass is 10.1. The van der Waals surface area contributed by atoms with Crippen molar-refractivity contribution < 1.29 is 24.3 Å². The van der Waals surface area contributed by atoms with Crippen LogP contribution >= 0.6 is 0 Å². The second-order valence-electron chi connectivity index (χ2n) is 3.75. The number of hydrogen-bond acceptors (Lipinski definition) is 4. The Labute approximate surface area is 111 Å². The van der Waals surface area contributed by atoms with Crippen LogP contribution in [0.1, 0.15) is 18.9 Å². The van der Waals surface area contributed by atoms with Gasteiger partial charge in [0.15, 0.2) is 6.61 Å². The first-order valence-corrected chi connectivity index (χ1v) is 5.96. The molecule has 1 aromatic carbocycles. The molecule has 0 radical (unpaired) electrons. The summed E-state index contributed by atoms with van der Waals surface area (Å²) in [6.07, 6.45) is 0.697. The number of aryl methyl sites for hydroxylation is 1. The molecule has 6 heteroatoms. The molecule has 6 nitrogen and oxygen atoms in total. The highest BCUT2D eigenvalue weighted by molar-refractivity contribution is 5.75. The minimum absolute atomic E-state index is 0.198. The first-order valence-electron chi connectivity index (χ1n) is 5.96. The van der Waals surface area contributed by atoms with Gasteiger partial charge < -0.3 is 9.84 Å². The van der Waals surface area contributed by atoms with E-state index < -0.39 is 12.6 Å². The Bertz CT molecular complexity index is 433. The van der Waals surface area contributed by atoms with Crippen LogP contribution in [0.25, 0.3) is 0 Å². The molecule has 2 N–H and O–H groups in total. The number of aliphatic carboxylic acids is 1. The molecule has 0 aliphatic rings. The number of benzene rings is 1. The number of carboxylic acids is 1. The quantitative estimate of drug-likeness (QED) is 0.690. The summed E-state index contributed by atoms with van der Waals surface area (Å²) < 4.78 is 5.44. The number of hydrogen-bond donors (Lipinski definition) is 2. The lowest BCUT2D eigenvalue weighted by molar-refractivity contribution is -0.149. The maximum absolute atomic E-state index is 11.4. The maximum atomic E-state index is 11.4. The summed E-state index contributed by atoms with van der Waals surface area (Å²) in [5.41, 5.74) is 3.00. The van der Waals surface area contributed by atoms with E-state index in [-0.39, 0.29) is 12.3 Å². The van der Waals surface area contributed by atoms with E-state index in [4.69, 9.17) is 9.84 Å². The molecular weight excluding hydrogens is 250 g/mol. The van der Waals surface area contributed by atoms with Crippen LogP contribution in [0.2, 0.25) is 0 Å². The van der Waals surface area contributed by atoms with E-state index in [0.29, 0.717) is 13.0 Å². The SMILES string of the molecule is CCOc1ccccc1CCC(=O)NOCC(=O)O. The van der Waals surface area contributed by atoms with Crippen LogP contribution < -0.4 is 10.2 Å². The summed E-state index contributed by atoms with van der Waals surface area (Å²) in [4.78, 5) is 26.1. The zero-order valence-corrected chi connectivity index (χ0v) is 10.7. The van der Waals surface area contributed by atoms with Gasteiger partial charge in [-0.05, 0) is 25.0 Å². The lowest BCUT2D eigenvalue weighted by Gasteiger charge is -2.09. The highest BCUT2D eigenvalue weighted by Crippen LogP contribution is 2.19. The first kappa shape index (κ1) is 15.0. The Balaban J connectivity index is 2.39. The van der Waals surface area contributed by atoms with E-state index in [1.54, 1.807) is 0 Å². The third-order valence-electron chi connectivity index (χ3n) is 2.28. The Morgan fingerprint density at radius 1 is 1.32 bits per heavy atom. The molecule has 0 bridgehead atoms. The molecule has 1 rings (SSSR count). The van der Waals surface area contributed by atoms with E-state index in [0.717, 1.165) is 11.3 Å². The van der Waals surface area contributed by atoms with Gasteiger partial charge in [-0.25, -0.2) is 10.3 Å². The summed E-state index contributed by atoms with van der Waals surface area (Å²) in [5.74, 6) is -0.751. The van der Waals surface area contributed by atoms with Gasteiger partial charge in [0, 0.05) is 6.42 Å². The Kier molecular flexibility index (Phi) is 6.38. The fraction of sp³-hybridized carbons (Fsp3) is 0.385. The van der Waals surface area contributed by atoms with E-state index in [1.807, 2.05) is 31.2 Å². The van der Waals surface area contributed by atoms with Gasteiger partial charge in [-0.3, -0.25) is 9.63 Å². The Morgan fingerprint density at radius 2 is 2.05 bits per heavy atom. The second kappa shape index (κ2) is 8.10. The Morgan fingerprint density at radius 3 is 2.74 bits per heavy atom. The smallest absolute Gasteiger partial charge is 0.332 e. The molecule has 1 amide bonds. The van der Waals surface area contributed by atoms with Crippen molar-refractivity contribution in [2.24, 2.45) is 0 Å². The minimum atomic E-state index is -1.14. The van der Waals surface area contributed by atoms with Crippen molar-refractivity contribution in [3.8, 4) is 5.75 Å². The molecule has 1 aromatic rings. The Hall–Kier alpha value is -2.08. The average Bonchev–Trinajstić information content (AvgIpc) is 2.37. The molecule has 0 aromatic heterocycles. The fourth-order valence-electron chi connectivity index (χ4n) is 1.48. The number of carbonyl (C=O) groups is 2. The molecule has 0 aliphatic carbocycles. The largest absolute Gasteiger partial charge is 0.494 e. The highest BCUT2D eigenvalue weighted by Gasteiger charge is 2.07. The average molecular weight is 267 g/mol. The maximum Gasteiger partial charge on any atom is 0.332 e. The van der Waals surface area contributed by atoms with E-state index in [9.17, 15) is 9.59 Å². The standard InChI is InChI=1S/C13H17NO5/c1-2-18-11-6-4-3-5-10(11)7-8-12(15)14-19-9-13(16)17/h3-6H,2,7-9H2,1H3,(H,14,15)(H,16,17). The number of hydroxylamine groups is 1. The summed E-state index contributed by atoms with van der Waals surface area (Å²) >= 11 is 0. The topological polar surface area (TPSA) is 84.9 Å². The van der Waals surface area contributed by atoms with Crippen LogP contribution in [0.3, 0.4) is 0 Å². The number of carboxylic acid groups (broad SMARTS) is 1. The second-order valence-corrected chi connectivity index (χ2v) is 3.75. The van der Waals surface area contributed by atoms with Crippen LogP contribution in [0.4, 0.5) is 0 Å². The zero-order chi connectivity index (χ0) is 14.1. The summed E-state index contributed by atoms with van der Waals surface area (Å²) in [5, 5.41) is 8.34. The van der Waals surface area contributed by atoms with Crippen LogP contribution in [-0.2, 0) is 20.8 Å². The zero-order valence-electron chi connectivity index (χ0n) is 10.7. The number of para-hydroxylation sites is 1. The van der Waals surface area contributed by atoms with E-state index in [1.165, 1.54) is 0 Å². The number of carbonyl (C=O) groups excluding carboxylic acids is 1. The van der Waals surface area contributed by atoms with Gasteiger partial charge in [0.2, 0.25) is 5.91 Å². The van der Waals surface area contributed by atoms with Crippen molar-refractivity contribution in [2.45, 2.75) is 19.8 Å². The molecule has 0 aliphatic heterocycles. The number of rotatable bonds is 8. The number of amides is 1. The summed E-state index contributed by atoms with van der Waals surface area (Å²) in [6.45, 7) is 1.90. The van der Waals surface area contributed by atoms with Gasteiger partial charge in [-0.15, -0.1) is 0 Å². The van der Waals surface area contributed by atoms with Crippen molar-refractivity contribution in [1.82, 2.24) is 5.48 Å². The fourth-order valence-corrected chi connectivity index (χ4v) is 1.48. The van der Waals surface area contributed by atoms with E-state index >= 15 is 0 Å². The first-order chi connectivity index (χ1) is 9.13. The van der Waals surface area contributed by atoms with Crippen LogP contribution in [0.5, 0.6) is 5.75 Å². The molecule has 0 atom stereocenters. The molecule has 0 heterocycles. The van der Waals surface area contributed by atoms with Gasteiger partial charge in [0.05, 0.1) is 6.61 Å².